The molecule has 0 fully saturated rings. The van der Waals surface area contributed by atoms with Crippen molar-refractivity contribution in [1.82, 2.24) is 0 Å². The molecule has 0 aliphatic rings. The Morgan fingerprint density at radius 3 is 2.50 bits per heavy atom. The molecule has 0 aromatic heterocycles. The molecule has 0 bridgehead atoms. The fourth-order valence-electron chi connectivity index (χ4n) is 2.11. The Labute approximate surface area is 131 Å². The average molecular weight is 348 g/mol. The highest BCUT2D eigenvalue weighted by atomic mass is 79.9. The number of benzene rings is 3. The van der Waals surface area contributed by atoms with Crippen molar-refractivity contribution in [1.29, 1.82) is 0 Å². The molecule has 0 atom stereocenters. The predicted octanol–water partition coefficient (Wildman–Crippen LogP) is 6.13. The molecule has 0 aliphatic carbocycles. The van der Waals surface area contributed by atoms with Gasteiger partial charge in [0.1, 0.15) is 11.5 Å². The van der Waals surface area contributed by atoms with Gasteiger partial charge >= 0.3 is 0 Å². The SMILES string of the molecule is ClCc1cc(Br)ccc1Oc1ccc2ccccc2c1. The van der Waals surface area contributed by atoms with Crippen molar-refractivity contribution in [2.75, 3.05) is 0 Å². The molecule has 1 nitrogen and oxygen atoms in total. The maximum atomic E-state index is 5.96. The quantitative estimate of drug-likeness (QED) is 0.518. The van der Waals surface area contributed by atoms with Crippen LogP contribution in [0.4, 0.5) is 0 Å². The Balaban J connectivity index is 1.96. The van der Waals surface area contributed by atoms with Gasteiger partial charge in [-0.05, 0) is 41.1 Å². The molecule has 3 heteroatoms. The number of hydrogen-bond acceptors (Lipinski definition) is 1. The molecular weight excluding hydrogens is 336 g/mol. The highest BCUT2D eigenvalue weighted by Gasteiger charge is 2.05. The van der Waals surface area contributed by atoms with E-state index in [-0.39, 0.29) is 0 Å². The summed E-state index contributed by atoms with van der Waals surface area (Å²) in [6.07, 6.45) is 0. The van der Waals surface area contributed by atoms with E-state index in [2.05, 4.69) is 34.1 Å². The lowest BCUT2D eigenvalue weighted by atomic mass is 10.1. The van der Waals surface area contributed by atoms with Crippen molar-refractivity contribution in [3.63, 3.8) is 0 Å². The van der Waals surface area contributed by atoms with Gasteiger partial charge in [0.15, 0.2) is 0 Å². The van der Waals surface area contributed by atoms with E-state index in [4.69, 9.17) is 16.3 Å². The van der Waals surface area contributed by atoms with Crippen LogP contribution in [0.5, 0.6) is 11.5 Å². The van der Waals surface area contributed by atoms with E-state index < -0.39 is 0 Å². The molecule has 0 saturated carbocycles. The van der Waals surface area contributed by atoms with Gasteiger partial charge in [0.05, 0.1) is 5.88 Å². The molecular formula is C17H12BrClO. The molecule has 20 heavy (non-hydrogen) atoms. The van der Waals surface area contributed by atoms with Gasteiger partial charge in [-0.2, -0.15) is 0 Å². The third kappa shape index (κ3) is 2.82. The standard InChI is InChI=1S/C17H12BrClO/c18-15-6-8-17(14(9-15)11-19)20-16-7-5-12-3-1-2-4-13(12)10-16/h1-10H,11H2. The molecule has 0 amide bonds. The summed E-state index contributed by atoms with van der Waals surface area (Å²) in [5, 5.41) is 2.36. The summed E-state index contributed by atoms with van der Waals surface area (Å²) < 4.78 is 6.96. The first-order chi connectivity index (χ1) is 9.76. The van der Waals surface area contributed by atoms with E-state index >= 15 is 0 Å². The summed E-state index contributed by atoms with van der Waals surface area (Å²) in [5.74, 6) is 2.03. The smallest absolute Gasteiger partial charge is 0.131 e. The highest BCUT2D eigenvalue weighted by Crippen LogP contribution is 2.30. The van der Waals surface area contributed by atoms with Crippen LogP contribution in [0, 0.1) is 0 Å². The molecule has 0 aliphatic heterocycles. The molecule has 0 heterocycles. The number of rotatable bonds is 3. The van der Waals surface area contributed by atoms with Crippen LogP contribution in [0.15, 0.2) is 65.1 Å². The molecule has 0 spiro atoms. The maximum absolute atomic E-state index is 5.96. The van der Waals surface area contributed by atoms with Crippen LogP contribution >= 0.6 is 27.5 Å². The number of halogens is 2. The van der Waals surface area contributed by atoms with E-state index in [0.29, 0.717) is 5.88 Å². The summed E-state index contributed by atoms with van der Waals surface area (Å²) in [6.45, 7) is 0. The predicted molar refractivity (Wildman–Crippen MR) is 87.7 cm³/mol. The fourth-order valence-corrected chi connectivity index (χ4v) is 2.73. The average Bonchev–Trinajstić information content (AvgIpc) is 2.49. The van der Waals surface area contributed by atoms with Crippen LogP contribution in [-0.2, 0) is 5.88 Å². The zero-order valence-electron chi connectivity index (χ0n) is 10.6. The van der Waals surface area contributed by atoms with Gasteiger partial charge in [-0.25, -0.2) is 0 Å². The summed E-state index contributed by atoms with van der Waals surface area (Å²) in [7, 11) is 0. The first-order valence-electron chi connectivity index (χ1n) is 6.27. The van der Waals surface area contributed by atoms with Crippen molar-refractivity contribution in [3.05, 3.63) is 70.7 Å². The van der Waals surface area contributed by atoms with E-state index in [1.54, 1.807) is 0 Å². The van der Waals surface area contributed by atoms with E-state index in [9.17, 15) is 0 Å². The Hall–Kier alpha value is -1.51. The fraction of sp³-hybridized carbons (Fsp3) is 0.0588. The van der Waals surface area contributed by atoms with Crippen LogP contribution < -0.4 is 4.74 Å². The zero-order chi connectivity index (χ0) is 13.9. The van der Waals surface area contributed by atoms with Crippen molar-refractivity contribution in [3.8, 4) is 11.5 Å². The zero-order valence-corrected chi connectivity index (χ0v) is 13.0. The minimum Gasteiger partial charge on any atom is -0.457 e. The molecule has 0 N–H and O–H groups in total. The summed E-state index contributed by atoms with van der Waals surface area (Å²) in [5.41, 5.74) is 0.967. The Kier molecular flexibility index (Phi) is 3.95. The van der Waals surface area contributed by atoms with Crippen molar-refractivity contribution >= 4 is 38.3 Å². The van der Waals surface area contributed by atoms with Crippen LogP contribution in [0.3, 0.4) is 0 Å². The Morgan fingerprint density at radius 1 is 0.900 bits per heavy atom. The summed E-state index contributed by atoms with van der Waals surface area (Å²) in [6, 6.07) is 20.1. The Bertz CT molecular complexity index is 755. The van der Waals surface area contributed by atoms with Crippen LogP contribution in [0.1, 0.15) is 5.56 Å². The van der Waals surface area contributed by atoms with E-state index in [1.807, 2.05) is 42.5 Å². The lowest BCUT2D eigenvalue weighted by Crippen LogP contribution is -1.89. The first kappa shape index (κ1) is 13.5. The summed E-state index contributed by atoms with van der Waals surface area (Å²) in [4.78, 5) is 0. The number of alkyl halides is 1. The third-order valence-electron chi connectivity index (χ3n) is 3.12. The van der Waals surface area contributed by atoms with Gasteiger partial charge in [-0.3, -0.25) is 0 Å². The second kappa shape index (κ2) is 5.86. The molecule has 3 aromatic carbocycles. The molecule has 0 unspecified atom stereocenters. The van der Waals surface area contributed by atoms with Gasteiger partial charge in [0, 0.05) is 10.0 Å². The summed E-state index contributed by atoms with van der Waals surface area (Å²) >= 11 is 9.41. The van der Waals surface area contributed by atoms with Crippen LogP contribution in [0.25, 0.3) is 10.8 Å². The second-order valence-corrected chi connectivity index (χ2v) is 5.68. The van der Waals surface area contributed by atoms with Gasteiger partial charge < -0.3 is 4.74 Å². The van der Waals surface area contributed by atoms with Gasteiger partial charge in [0.2, 0.25) is 0 Å². The van der Waals surface area contributed by atoms with Crippen molar-refractivity contribution < 1.29 is 4.74 Å². The molecule has 100 valence electrons. The number of fused-ring (bicyclic) bond motifs is 1. The second-order valence-electron chi connectivity index (χ2n) is 4.50. The van der Waals surface area contributed by atoms with Gasteiger partial charge in [-0.1, -0.05) is 46.3 Å². The molecule has 3 rings (SSSR count). The number of hydrogen-bond donors (Lipinski definition) is 0. The Morgan fingerprint density at radius 2 is 1.70 bits per heavy atom. The monoisotopic (exact) mass is 346 g/mol. The van der Waals surface area contributed by atoms with Gasteiger partial charge in [-0.15, -0.1) is 11.6 Å². The normalized spacial score (nSPS) is 10.7. The van der Waals surface area contributed by atoms with Gasteiger partial charge in [0.25, 0.3) is 0 Å². The number of ether oxygens (including phenoxy) is 1. The third-order valence-corrected chi connectivity index (χ3v) is 3.90. The lowest BCUT2D eigenvalue weighted by molar-refractivity contribution is 0.479. The highest BCUT2D eigenvalue weighted by molar-refractivity contribution is 9.10. The molecule has 0 saturated heterocycles. The topological polar surface area (TPSA) is 9.23 Å². The van der Waals surface area contributed by atoms with E-state index in [1.165, 1.54) is 5.39 Å². The van der Waals surface area contributed by atoms with Crippen molar-refractivity contribution in [2.24, 2.45) is 0 Å². The van der Waals surface area contributed by atoms with Crippen LogP contribution in [-0.4, -0.2) is 0 Å². The van der Waals surface area contributed by atoms with Crippen molar-refractivity contribution in [2.45, 2.75) is 5.88 Å². The minimum atomic E-state index is 0.419. The van der Waals surface area contributed by atoms with Crippen LogP contribution in [0.2, 0.25) is 0 Å². The maximum Gasteiger partial charge on any atom is 0.131 e. The first-order valence-corrected chi connectivity index (χ1v) is 7.60. The minimum absolute atomic E-state index is 0.419. The van der Waals surface area contributed by atoms with E-state index in [0.717, 1.165) is 26.9 Å². The molecule has 0 radical (unpaired) electrons. The molecule has 3 aromatic rings. The largest absolute Gasteiger partial charge is 0.457 e. The lowest BCUT2D eigenvalue weighted by Gasteiger charge is -2.10.